The van der Waals surface area contributed by atoms with Gasteiger partial charge in [0.2, 0.25) is 0 Å². The molecule has 2 aromatic heterocycles. The molecule has 2 N–H and O–H groups in total. The molecule has 3 aromatic rings. The van der Waals surface area contributed by atoms with Gasteiger partial charge in [0.25, 0.3) is 0 Å². The average Bonchev–Trinajstić information content (AvgIpc) is 2.90. The molecule has 0 bridgehead atoms. The minimum Gasteiger partial charge on any atom is -0.497 e. The first-order valence-corrected chi connectivity index (χ1v) is 6.46. The van der Waals surface area contributed by atoms with E-state index in [4.69, 9.17) is 10.5 Å². The Labute approximate surface area is 117 Å². The van der Waals surface area contributed by atoms with Crippen molar-refractivity contribution in [2.45, 2.75) is 13.0 Å². The number of nitrogens with two attached hydrogens (primary N) is 1. The van der Waals surface area contributed by atoms with Crippen LogP contribution in [-0.4, -0.2) is 21.7 Å². The van der Waals surface area contributed by atoms with Crippen molar-refractivity contribution < 1.29 is 4.74 Å². The van der Waals surface area contributed by atoms with Crippen molar-refractivity contribution in [3.05, 3.63) is 59.5 Å². The quantitative estimate of drug-likeness (QED) is 0.783. The third kappa shape index (κ3) is 2.23. The molecule has 3 rings (SSSR count). The highest BCUT2D eigenvalue weighted by Crippen LogP contribution is 2.17. The van der Waals surface area contributed by atoms with Gasteiger partial charge in [-0.2, -0.15) is 0 Å². The van der Waals surface area contributed by atoms with Gasteiger partial charge in [0.15, 0.2) is 5.65 Å². The van der Waals surface area contributed by atoms with Gasteiger partial charge in [0.05, 0.1) is 7.11 Å². The van der Waals surface area contributed by atoms with E-state index in [1.807, 2.05) is 40.8 Å². The lowest BCUT2D eigenvalue weighted by molar-refractivity contribution is 0.414. The summed E-state index contributed by atoms with van der Waals surface area (Å²) in [6.07, 6.45) is 0.690. The van der Waals surface area contributed by atoms with E-state index in [0.717, 1.165) is 28.5 Å². The van der Waals surface area contributed by atoms with E-state index < -0.39 is 0 Å². The van der Waals surface area contributed by atoms with Crippen molar-refractivity contribution in [1.82, 2.24) is 14.6 Å². The number of pyridine rings is 1. The Morgan fingerprint density at radius 3 is 2.80 bits per heavy atom. The minimum atomic E-state index is 0.459. The lowest BCUT2D eigenvalue weighted by Gasteiger charge is -2.06. The van der Waals surface area contributed by atoms with Crippen LogP contribution in [0.5, 0.6) is 5.75 Å². The van der Waals surface area contributed by atoms with Crippen LogP contribution >= 0.6 is 0 Å². The van der Waals surface area contributed by atoms with Crippen molar-refractivity contribution in [3.63, 3.8) is 0 Å². The maximum absolute atomic E-state index is 5.79. The molecule has 0 amide bonds. The topological polar surface area (TPSA) is 65.4 Å². The smallest absolute Gasteiger partial charge is 0.161 e. The first-order valence-electron chi connectivity index (χ1n) is 6.46. The molecule has 102 valence electrons. The van der Waals surface area contributed by atoms with E-state index in [1.54, 1.807) is 7.11 Å². The number of methoxy groups -OCH3 is 1. The Morgan fingerprint density at radius 1 is 1.15 bits per heavy atom. The second kappa shape index (κ2) is 5.30. The third-order valence-corrected chi connectivity index (χ3v) is 3.28. The summed E-state index contributed by atoms with van der Waals surface area (Å²) >= 11 is 0. The maximum Gasteiger partial charge on any atom is 0.161 e. The largest absolute Gasteiger partial charge is 0.497 e. The van der Waals surface area contributed by atoms with Crippen LogP contribution in [0.3, 0.4) is 0 Å². The Morgan fingerprint density at radius 2 is 2.00 bits per heavy atom. The van der Waals surface area contributed by atoms with Crippen molar-refractivity contribution >= 4 is 5.65 Å². The summed E-state index contributed by atoms with van der Waals surface area (Å²) in [4.78, 5) is 0. The summed E-state index contributed by atoms with van der Waals surface area (Å²) in [5, 5.41) is 8.46. The highest BCUT2D eigenvalue weighted by atomic mass is 16.5. The minimum absolute atomic E-state index is 0.459. The number of fused-ring (bicyclic) bond motifs is 1. The molecule has 5 nitrogen and oxygen atoms in total. The predicted molar refractivity (Wildman–Crippen MR) is 76.7 cm³/mol. The number of rotatable bonds is 4. The van der Waals surface area contributed by atoms with Crippen molar-refractivity contribution in [1.29, 1.82) is 0 Å². The summed E-state index contributed by atoms with van der Waals surface area (Å²) in [7, 11) is 1.66. The number of ether oxygens (including phenoxy) is 1. The fourth-order valence-electron chi connectivity index (χ4n) is 2.31. The van der Waals surface area contributed by atoms with E-state index in [2.05, 4.69) is 16.3 Å². The molecule has 0 saturated heterocycles. The van der Waals surface area contributed by atoms with Gasteiger partial charge in [0, 0.05) is 18.7 Å². The number of hydrogen-bond acceptors (Lipinski definition) is 4. The van der Waals surface area contributed by atoms with Crippen molar-refractivity contribution in [2.75, 3.05) is 7.11 Å². The van der Waals surface area contributed by atoms with E-state index in [-0.39, 0.29) is 0 Å². The van der Waals surface area contributed by atoms with Crippen LogP contribution in [0.2, 0.25) is 0 Å². The van der Waals surface area contributed by atoms with Crippen LogP contribution in [0.4, 0.5) is 0 Å². The molecule has 20 heavy (non-hydrogen) atoms. The van der Waals surface area contributed by atoms with Crippen LogP contribution < -0.4 is 10.5 Å². The molecular weight excluding hydrogens is 252 g/mol. The van der Waals surface area contributed by atoms with Gasteiger partial charge in [-0.25, -0.2) is 0 Å². The van der Waals surface area contributed by atoms with Crippen molar-refractivity contribution in [2.24, 2.45) is 5.73 Å². The summed E-state index contributed by atoms with van der Waals surface area (Å²) in [5.74, 6) is 1.73. The monoisotopic (exact) mass is 268 g/mol. The SMILES string of the molecule is COc1cccc(Cc2nnc3cccc(CN)n23)c1. The van der Waals surface area contributed by atoms with Crippen LogP contribution in [0.1, 0.15) is 17.1 Å². The summed E-state index contributed by atoms with van der Waals surface area (Å²) in [6.45, 7) is 0.459. The average molecular weight is 268 g/mol. The van der Waals surface area contributed by atoms with Crippen LogP contribution in [0.15, 0.2) is 42.5 Å². The Bertz CT molecular complexity index is 736. The Kier molecular flexibility index (Phi) is 3.35. The molecule has 0 aliphatic rings. The highest BCUT2D eigenvalue weighted by molar-refractivity contribution is 5.41. The molecule has 2 heterocycles. The number of aromatic nitrogens is 3. The molecule has 0 aliphatic heterocycles. The normalized spacial score (nSPS) is 10.9. The molecule has 0 radical (unpaired) electrons. The zero-order valence-electron chi connectivity index (χ0n) is 11.3. The molecule has 1 aromatic carbocycles. The molecule has 0 saturated carbocycles. The third-order valence-electron chi connectivity index (χ3n) is 3.28. The molecule has 0 aliphatic carbocycles. The summed E-state index contributed by atoms with van der Waals surface area (Å²) in [5.41, 5.74) is 8.75. The second-order valence-corrected chi connectivity index (χ2v) is 4.56. The zero-order chi connectivity index (χ0) is 13.9. The van der Waals surface area contributed by atoms with Gasteiger partial charge in [-0.3, -0.25) is 4.40 Å². The lowest BCUT2D eigenvalue weighted by atomic mass is 10.1. The van der Waals surface area contributed by atoms with E-state index >= 15 is 0 Å². The molecule has 5 heteroatoms. The van der Waals surface area contributed by atoms with Crippen LogP contribution in [-0.2, 0) is 13.0 Å². The van der Waals surface area contributed by atoms with Gasteiger partial charge in [-0.1, -0.05) is 18.2 Å². The maximum atomic E-state index is 5.79. The fraction of sp³-hybridized carbons (Fsp3) is 0.200. The molecule has 0 unspecified atom stereocenters. The predicted octanol–water partition coefficient (Wildman–Crippen LogP) is 1.79. The fourth-order valence-corrected chi connectivity index (χ4v) is 2.31. The van der Waals surface area contributed by atoms with Gasteiger partial charge >= 0.3 is 0 Å². The lowest BCUT2D eigenvalue weighted by Crippen LogP contribution is -2.07. The molecule has 0 fully saturated rings. The van der Waals surface area contributed by atoms with Crippen LogP contribution in [0.25, 0.3) is 5.65 Å². The molecule has 0 spiro atoms. The first-order chi connectivity index (χ1) is 9.81. The molecule has 0 atom stereocenters. The van der Waals surface area contributed by atoms with E-state index in [9.17, 15) is 0 Å². The number of hydrogen-bond donors (Lipinski definition) is 1. The van der Waals surface area contributed by atoms with E-state index in [0.29, 0.717) is 13.0 Å². The molecular formula is C15H16N4O. The van der Waals surface area contributed by atoms with Gasteiger partial charge in [0.1, 0.15) is 11.6 Å². The summed E-state index contributed by atoms with van der Waals surface area (Å²) in [6, 6.07) is 13.8. The van der Waals surface area contributed by atoms with Crippen molar-refractivity contribution in [3.8, 4) is 5.75 Å². The summed E-state index contributed by atoms with van der Waals surface area (Å²) < 4.78 is 7.26. The van der Waals surface area contributed by atoms with Gasteiger partial charge < -0.3 is 10.5 Å². The number of nitrogens with zero attached hydrogens (tertiary/aromatic N) is 3. The number of benzene rings is 1. The standard InChI is InChI=1S/C15H16N4O/c1-20-13-6-2-4-11(8-13)9-15-18-17-14-7-3-5-12(10-16)19(14)15/h2-8H,9-10,16H2,1H3. The zero-order valence-corrected chi connectivity index (χ0v) is 11.3. The first kappa shape index (κ1) is 12.6. The highest BCUT2D eigenvalue weighted by Gasteiger charge is 2.09. The Balaban J connectivity index is 2.02. The van der Waals surface area contributed by atoms with E-state index in [1.165, 1.54) is 0 Å². The second-order valence-electron chi connectivity index (χ2n) is 4.56. The van der Waals surface area contributed by atoms with Crippen LogP contribution in [0, 0.1) is 0 Å². The van der Waals surface area contributed by atoms with Gasteiger partial charge in [-0.05, 0) is 29.8 Å². The Hall–Kier alpha value is -2.40. The van der Waals surface area contributed by atoms with Gasteiger partial charge in [-0.15, -0.1) is 10.2 Å².